The van der Waals surface area contributed by atoms with Gasteiger partial charge in [-0.05, 0) is 103 Å². The molecule has 0 fully saturated rings. The van der Waals surface area contributed by atoms with Gasteiger partial charge in [-0.1, -0.05) is 100 Å². The zero-order valence-corrected chi connectivity index (χ0v) is 29.1. The van der Waals surface area contributed by atoms with E-state index in [9.17, 15) is 19.5 Å². The van der Waals surface area contributed by atoms with E-state index in [1.54, 1.807) is 0 Å². The maximum Gasteiger partial charge on any atom is 0.326 e. The summed E-state index contributed by atoms with van der Waals surface area (Å²) in [5.41, 5.74) is 5.45. The Morgan fingerprint density at radius 1 is 0.652 bits per heavy atom. The van der Waals surface area contributed by atoms with E-state index in [2.05, 4.69) is 79.9 Å². The maximum absolute atomic E-state index is 12.5. The lowest BCUT2D eigenvalue weighted by molar-refractivity contribution is -0.150. The van der Waals surface area contributed by atoms with E-state index in [1.165, 1.54) is 0 Å². The molecule has 46 heavy (non-hydrogen) atoms. The molecule has 1 amide bonds. The van der Waals surface area contributed by atoms with Crippen LogP contribution in [0.25, 0.3) is 0 Å². The molecule has 0 saturated heterocycles. The van der Waals surface area contributed by atoms with Crippen LogP contribution in [0.4, 0.5) is 0 Å². The second-order valence-corrected chi connectivity index (χ2v) is 11.9. The molecule has 0 aromatic carbocycles. The van der Waals surface area contributed by atoms with Crippen LogP contribution < -0.4 is 11.1 Å². The number of hydrogen-bond donors (Lipinski definition) is 3. The number of nitrogens with two attached hydrogens (primary N) is 1. The number of amides is 1. The molecule has 0 aliphatic heterocycles. The first-order valence-corrected chi connectivity index (χ1v) is 18.1. The predicted molar refractivity (Wildman–Crippen MR) is 193 cm³/mol. The Hall–Kier alpha value is -2.93. The number of esters is 1. The molecule has 7 nitrogen and oxygen atoms in total. The van der Waals surface area contributed by atoms with Crippen molar-refractivity contribution < 1.29 is 24.2 Å². The average Bonchev–Trinajstić information content (AvgIpc) is 3.03. The van der Waals surface area contributed by atoms with Crippen LogP contribution in [0.15, 0.2) is 60.8 Å². The summed E-state index contributed by atoms with van der Waals surface area (Å²) in [6.07, 6.45) is 40.1. The molecular weight excluding hydrogens is 576 g/mol. The second kappa shape index (κ2) is 33.4. The Labute approximate surface area is 280 Å². The molecule has 0 radical (unpaired) electrons. The summed E-state index contributed by atoms with van der Waals surface area (Å²) < 4.78 is 5.85. The highest BCUT2D eigenvalue weighted by Crippen LogP contribution is 2.17. The van der Waals surface area contributed by atoms with E-state index in [-0.39, 0.29) is 18.0 Å². The van der Waals surface area contributed by atoms with Crippen molar-refractivity contribution in [1.82, 2.24) is 5.32 Å². The molecule has 4 N–H and O–H groups in total. The van der Waals surface area contributed by atoms with E-state index in [1.807, 2.05) is 0 Å². The minimum absolute atomic E-state index is 0.0678. The Morgan fingerprint density at radius 3 is 1.76 bits per heavy atom. The van der Waals surface area contributed by atoms with Gasteiger partial charge >= 0.3 is 11.9 Å². The Balaban J connectivity index is 4.07. The smallest absolute Gasteiger partial charge is 0.326 e. The summed E-state index contributed by atoms with van der Waals surface area (Å²) in [7, 11) is 0. The van der Waals surface area contributed by atoms with E-state index in [4.69, 9.17) is 10.5 Å². The van der Waals surface area contributed by atoms with Gasteiger partial charge < -0.3 is 20.9 Å². The Morgan fingerprint density at radius 2 is 1.20 bits per heavy atom. The summed E-state index contributed by atoms with van der Waals surface area (Å²) in [4.78, 5) is 36.0. The largest absolute Gasteiger partial charge is 0.480 e. The van der Waals surface area contributed by atoms with Gasteiger partial charge in [0.25, 0.3) is 0 Å². The van der Waals surface area contributed by atoms with Crippen molar-refractivity contribution >= 4 is 17.8 Å². The Kier molecular flexibility index (Phi) is 31.3. The van der Waals surface area contributed by atoms with Gasteiger partial charge in [0.05, 0.1) is 0 Å². The maximum atomic E-state index is 12.5. The summed E-state index contributed by atoms with van der Waals surface area (Å²) in [6.45, 7) is 4.71. The number of hydrogen-bond acceptors (Lipinski definition) is 5. The molecule has 0 spiro atoms. The van der Waals surface area contributed by atoms with Gasteiger partial charge in [0.15, 0.2) is 0 Å². The van der Waals surface area contributed by atoms with Crippen molar-refractivity contribution in [2.75, 3.05) is 6.54 Å². The van der Waals surface area contributed by atoms with Crippen LogP contribution in [0, 0.1) is 0 Å². The third-order valence-electron chi connectivity index (χ3n) is 7.60. The number of carbonyl (C=O) groups excluding carboxylic acids is 2. The number of ether oxygens (including phenoxy) is 1. The van der Waals surface area contributed by atoms with Crippen LogP contribution in [0.5, 0.6) is 0 Å². The number of nitrogens with one attached hydrogen (secondary N) is 1. The first-order chi connectivity index (χ1) is 22.4. The molecule has 262 valence electrons. The van der Waals surface area contributed by atoms with Crippen molar-refractivity contribution in [3.63, 3.8) is 0 Å². The number of allylic oxidation sites excluding steroid dienone is 10. The normalized spacial score (nSPS) is 13.5. The standard InChI is InChI=1S/C39H66N2O5/c1-3-5-7-8-9-10-11-12-13-14-15-16-17-18-19-20-21-22-27-33-38(43)46-35(29-24-6-4-2)30-25-23-26-32-37(42)41-36(39(44)45)31-28-34-40/h5,7,9-10,12-13,15-16,18-19,35-36H,3-4,6,8,11,14,17,20-34,40H2,1-2H3,(H,41,42)(H,44,45)/b7-5-,10-9-,13-12-,16-15-,19-18-. The van der Waals surface area contributed by atoms with Gasteiger partial charge in [-0.25, -0.2) is 4.79 Å². The van der Waals surface area contributed by atoms with E-state index < -0.39 is 12.0 Å². The zero-order chi connectivity index (χ0) is 33.9. The molecular formula is C39H66N2O5. The molecule has 0 heterocycles. The van der Waals surface area contributed by atoms with Crippen molar-refractivity contribution in [2.45, 2.75) is 161 Å². The predicted octanol–water partition coefficient (Wildman–Crippen LogP) is 9.44. The summed E-state index contributed by atoms with van der Waals surface area (Å²) >= 11 is 0. The first kappa shape index (κ1) is 43.1. The quantitative estimate of drug-likeness (QED) is 0.0394. The lowest BCUT2D eigenvalue weighted by atomic mass is 10.0. The molecule has 0 rings (SSSR count). The summed E-state index contributed by atoms with van der Waals surface area (Å²) in [5, 5.41) is 11.9. The van der Waals surface area contributed by atoms with Crippen molar-refractivity contribution in [1.29, 1.82) is 0 Å². The van der Waals surface area contributed by atoms with Crippen LogP contribution in [-0.4, -0.2) is 41.6 Å². The average molecular weight is 643 g/mol. The highest BCUT2D eigenvalue weighted by atomic mass is 16.5. The van der Waals surface area contributed by atoms with Gasteiger partial charge in [0, 0.05) is 12.8 Å². The second-order valence-electron chi connectivity index (χ2n) is 11.9. The third-order valence-corrected chi connectivity index (χ3v) is 7.60. The molecule has 0 aromatic heterocycles. The van der Waals surface area contributed by atoms with E-state index >= 15 is 0 Å². The highest BCUT2D eigenvalue weighted by molar-refractivity contribution is 5.83. The molecule has 2 atom stereocenters. The van der Waals surface area contributed by atoms with Gasteiger partial charge in [0.1, 0.15) is 12.1 Å². The molecule has 0 aliphatic carbocycles. The molecule has 2 unspecified atom stereocenters. The molecule has 0 aromatic rings. The Bertz CT molecular complexity index is 906. The van der Waals surface area contributed by atoms with Crippen LogP contribution in [-0.2, 0) is 19.1 Å². The van der Waals surface area contributed by atoms with Gasteiger partial charge in [-0.15, -0.1) is 0 Å². The first-order valence-electron chi connectivity index (χ1n) is 18.1. The monoisotopic (exact) mass is 642 g/mol. The van der Waals surface area contributed by atoms with Gasteiger partial charge in [0.2, 0.25) is 5.91 Å². The lowest BCUT2D eigenvalue weighted by Gasteiger charge is -2.18. The van der Waals surface area contributed by atoms with E-state index in [0.717, 1.165) is 103 Å². The van der Waals surface area contributed by atoms with Crippen LogP contribution >= 0.6 is 0 Å². The molecule has 7 heteroatoms. The van der Waals surface area contributed by atoms with Crippen molar-refractivity contribution in [3.8, 4) is 0 Å². The molecule has 0 bridgehead atoms. The highest BCUT2D eigenvalue weighted by Gasteiger charge is 2.19. The number of carboxylic acid groups (broad SMARTS) is 1. The van der Waals surface area contributed by atoms with E-state index in [0.29, 0.717) is 38.6 Å². The number of rotatable bonds is 31. The topological polar surface area (TPSA) is 119 Å². The third kappa shape index (κ3) is 29.8. The van der Waals surface area contributed by atoms with Crippen molar-refractivity contribution in [2.24, 2.45) is 5.73 Å². The van der Waals surface area contributed by atoms with Crippen LogP contribution in [0.3, 0.4) is 0 Å². The minimum Gasteiger partial charge on any atom is -0.480 e. The summed E-state index contributed by atoms with van der Waals surface area (Å²) in [5.74, 6) is -1.37. The fourth-order valence-corrected chi connectivity index (χ4v) is 4.89. The van der Waals surface area contributed by atoms with Gasteiger partial charge in [-0.3, -0.25) is 9.59 Å². The fraction of sp³-hybridized carbons (Fsp3) is 0.667. The summed E-state index contributed by atoms with van der Waals surface area (Å²) in [6, 6.07) is -0.878. The molecule has 0 aliphatic rings. The number of carbonyl (C=O) groups is 3. The SMILES string of the molecule is CC/C=C\C/C=C\C/C=C\C/C=C\C/C=C\CCCCCC(=O)OC(CCCCC)CCCCCC(=O)NC(CCCN)C(=O)O. The van der Waals surface area contributed by atoms with Gasteiger partial charge in [-0.2, -0.15) is 0 Å². The number of carboxylic acids is 1. The van der Waals surface area contributed by atoms with Crippen LogP contribution in [0.1, 0.15) is 149 Å². The van der Waals surface area contributed by atoms with Crippen molar-refractivity contribution in [3.05, 3.63) is 60.8 Å². The fourth-order valence-electron chi connectivity index (χ4n) is 4.89. The van der Waals surface area contributed by atoms with Crippen LogP contribution in [0.2, 0.25) is 0 Å². The molecule has 0 saturated carbocycles. The number of aliphatic carboxylic acids is 1. The zero-order valence-electron chi connectivity index (χ0n) is 29.1. The minimum atomic E-state index is -1.02. The number of unbranched alkanes of at least 4 members (excludes halogenated alkanes) is 7. The lowest BCUT2D eigenvalue weighted by Crippen LogP contribution is -2.40.